The highest BCUT2D eigenvalue weighted by Gasteiger charge is 2.37. The first kappa shape index (κ1) is 23.2. The van der Waals surface area contributed by atoms with E-state index in [0.717, 1.165) is 12.1 Å². The predicted octanol–water partition coefficient (Wildman–Crippen LogP) is 3.58. The molecule has 8 heteroatoms. The Morgan fingerprint density at radius 2 is 1.81 bits per heavy atom. The molecule has 0 aliphatic rings. The molecular formula is C19H29F2NO4Si. The molecule has 1 rings (SSSR count). The molecule has 0 aromatic heterocycles. The van der Waals surface area contributed by atoms with Gasteiger partial charge in [0, 0.05) is 13.0 Å². The van der Waals surface area contributed by atoms with E-state index in [2.05, 4.69) is 39.2 Å². The van der Waals surface area contributed by atoms with Gasteiger partial charge in [-0.25, -0.2) is 13.6 Å². The zero-order valence-corrected chi connectivity index (χ0v) is 17.8. The molecule has 1 N–H and O–H groups in total. The summed E-state index contributed by atoms with van der Waals surface area (Å²) in [7, 11) is -0.730. The van der Waals surface area contributed by atoms with Crippen LogP contribution in [0.4, 0.5) is 8.78 Å². The molecular weight excluding hydrogens is 372 g/mol. The van der Waals surface area contributed by atoms with Crippen molar-refractivity contribution in [3.8, 4) is 0 Å². The van der Waals surface area contributed by atoms with Crippen molar-refractivity contribution < 1.29 is 27.5 Å². The maximum Gasteiger partial charge on any atom is 0.328 e. The van der Waals surface area contributed by atoms with Crippen LogP contribution in [0, 0.1) is 11.6 Å². The molecule has 0 fully saturated rings. The minimum Gasteiger partial charge on any atom is -0.467 e. The van der Waals surface area contributed by atoms with Gasteiger partial charge in [0.05, 0.1) is 13.5 Å². The highest BCUT2D eigenvalue weighted by Crippen LogP contribution is 2.36. The minimum atomic E-state index is -1.97. The van der Waals surface area contributed by atoms with Gasteiger partial charge in [0.15, 0.2) is 20.0 Å². The number of rotatable bonds is 8. The summed E-state index contributed by atoms with van der Waals surface area (Å²) < 4.78 is 37.0. The quantitative estimate of drug-likeness (QED) is 0.534. The van der Waals surface area contributed by atoms with Crippen molar-refractivity contribution in [1.82, 2.24) is 5.32 Å². The Balaban J connectivity index is 2.67. The fourth-order valence-electron chi connectivity index (χ4n) is 2.12. The smallest absolute Gasteiger partial charge is 0.328 e. The van der Waals surface area contributed by atoms with Gasteiger partial charge in [-0.15, -0.1) is 0 Å². The van der Waals surface area contributed by atoms with E-state index < -0.39 is 37.9 Å². The lowest BCUT2D eigenvalue weighted by atomic mass is 10.1. The van der Waals surface area contributed by atoms with Gasteiger partial charge in [-0.2, -0.15) is 0 Å². The third kappa shape index (κ3) is 7.02. The standard InChI is InChI=1S/C19H29F2NO4Si/c1-19(2,3)27(5,6)26-10-9-16(18(24)25-4)22-17(23)12-13-7-8-14(20)15(21)11-13/h7-8,11,16H,9-10,12H2,1-6H3,(H,22,23)/t16-/m0/s1. The van der Waals surface area contributed by atoms with Crippen molar-refractivity contribution in [2.24, 2.45) is 0 Å². The van der Waals surface area contributed by atoms with Gasteiger partial charge in [-0.05, 0) is 35.8 Å². The van der Waals surface area contributed by atoms with Crippen LogP contribution < -0.4 is 5.32 Å². The van der Waals surface area contributed by atoms with Crippen molar-refractivity contribution in [2.45, 2.75) is 57.8 Å². The van der Waals surface area contributed by atoms with E-state index in [4.69, 9.17) is 9.16 Å². The zero-order valence-electron chi connectivity index (χ0n) is 16.8. The Morgan fingerprint density at radius 1 is 1.19 bits per heavy atom. The van der Waals surface area contributed by atoms with Crippen LogP contribution in [0.3, 0.4) is 0 Å². The number of hydrogen-bond donors (Lipinski definition) is 1. The maximum absolute atomic E-state index is 13.3. The topological polar surface area (TPSA) is 64.6 Å². The number of methoxy groups -OCH3 is 1. The van der Waals surface area contributed by atoms with Crippen molar-refractivity contribution in [3.05, 3.63) is 35.4 Å². The van der Waals surface area contributed by atoms with Crippen molar-refractivity contribution in [2.75, 3.05) is 13.7 Å². The molecule has 1 amide bonds. The summed E-state index contributed by atoms with van der Waals surface area (Å²) in [4.78, 5) is 24.2. The highest BCUT2D eigenvalue weighted by atomic mass is 28.4. The lowest BCUT2D eigenvalue weighted by Gasteiger charge is -2.36. The second kappa shape index (κ2) is 9.41. The van der Waals surface area contributed by atoms with E-state index >= 15 is 0 Å². The molecule has 1 aromatic carbocycles. The van der Waals surface area contributed by atoms with E-state index in [1.807, 2.05) is 0 Å². The second-order valence-electron chi connectivity index (χ2n) is 7.97. The number of halogens is 2. The number of esters is 1. The lowest BCUT2D eigenvalue weighted by molar-refractivity contribution is -0.145. The van der Waals surface area contributed by atoms with Crippen LogP contribution >= 0.6 is 0 Å². The number of amides is 1. The van der Waals surface area contributed by atoms with Gasteiger partial charge in [0.25, 0.3) is 0 Å². The molecule has 0 heterocycles. The van der Waals surface area contributed by atoms with Gasteiger partial charge in [0.1, 0.15) is 6.04 Å². The molecule has 27 heavy (non-hydrogen) atoms. The number of hydrogen-bond acceptors (Lipinski definition) is 4. The first-order valence-corrected chi connectivity index (χ1v) is 11.7. The van der Waals surface area contributed by atoms with E-state index in [-0.39, 0.29) is 17.9 Å². The summed E-state index contributed by atoms with van der Waals surface area (Å²) in [6, 6.07) is 2.38. The van der Waals surface area contributed by atoms with E-state index in [9.17, 15) is 18.4 Å². The van der Waals surface area contributed by atoms with Gasteiger partial charge < -0.3 is 14.5 Å². The van der Waals surface area contributed by atoms with E-state index in [0.29, 0.717) is 12.2 Å². The Kier molecular flexibility index (Phi) is 8.10. The van der Waals surface area contributed by atoms with Crippen LogP contribution in [0.1, 0.15) is 32.8 Å². The summed E-state index contributed by atoms with van der Waals surface area (Å²) in [5.41, 5.74) is 0.313. The number of benzene rings is 1. The fourth-order valence-corrected chi connectivity index (χ4v) is 3.18. The monoisotopic (exact) mass is 401 g/mol. The van der Waals surface area contributed by atoms with Gasteiger partial charge in [-0.3, -0.25) is 4.79 Å². The van der Waals surface area contributed by atoms with Crippen molar-refractivity contribution >= 4 is 20.2 Å². The lowest BCUT2D eigenvalue weighted by Crippen LogP contribution is -2.45. The van der Waals surface area contributed by atoms with Crippen LogP contribution in [0.25, 0.3) is 0 Å². The average Bonchev–Trinajstić information content (AvgIpc) is 2.55. The van der Waals surface area contributed by atoms with Gasteiger partial charge in [0.2, 0.25) is 5.91 Å². The summed E-state index contributed by atoms with van der Waals surface area (Å²) >= 11 is 0. The molecule has 0 aliphatic carbocycles. The second-order valence-corrected chi connectivity index (χ2v) is 12.8. The molecule has 0 radical (unpaired) electrons. The first-order chi connectivity index (χ1) is 12.4. The molecule has 0 unspecified atom stereocenters. The largest absolute Gasteiger partial charge is 0.467 e. The molecule has 0 bridgehead atoms. The first-order valence-electron chi connectivity index (χ1n) is 8.82. The number of ether oxygens (including phenoxy) is 1. The Labute approximate surface area is 160 Å². The molecule has 0 aliphatic heterocycles. The van der Waals surface area contributed by atoms with Crippen LogP contribution in [-0.4, -0.2) is 40.0 Å². The summed E-state index contributed by atoms with van der Waals surface area (Å²) in [6.45, 7) is 10.8. The Hall–Kier alpha value is -1.80. The van der Waals surface area contributed by atoms with Crippen molar-refractivity contribution in [3.63, 3.8) is 0 Å². The third-order valence-electron chi connectivity index (χ3n) is 4.85. The molecule has 1 atom stereocenters. The van der Waals surface area contributed by atoms with Crippen LogP contribution in [0.2, 0.25) is 18.1 Å². The molecule has 0 spiro atoms. The predicted molar refractivity (Wildman–Crippen MR) is 102 cm³/mol. The number of nitrogens with one attached hydrogen (secondary N) is 1. The van der Waals surface area contributed by atoms with Crippen LogP contribution in [-0.2, 0) is 25.2 Å². The SMILES string of the molecule is COC(=O)[C@H](CCO[Si](C)(C)C(C)(C)C)NC(=O)Cc1ccc(F)c(F)c1. The van der Waals surface area contributed by atoms with E-state index in [1.165, 1.54) is 13.2 Å². The van der Waals surface area contributed by atoms with Gasteiger partial charge in [-0.1, -0.05) is 26.8 Å². The Morgan fingerprint density at radius 3 is 2.33 bits per heavy atom. The molecule has 5 nitrogen and oxygen atoms in total. The van der Waals surface area contributed by atoms with Crippen molar-refractivity contribution in [1.29, 1.82) is 0 Å². The molecule has 0 saturated carbocycles. The summed E-state index contributed by atoms with van der Waals surface area (Å²) in [6.07, 6.45) is 0.0937. The average molecular weight is 402 g/mol. The minimum absolute atomic E-state index is 0.0314. The molecule has 1 aromatic rings. The highest BCUT2D eigenvalue weighted by molar-refractivity contribution is 6.74. The zero-order chi connectivity index (χ0) is 20.8. The maximum atomic E-state index is 13.3. The van der Waals surface area contributed by atoms with Crippen LogP contribution in [0.5, 0.6) is 0 Å². The third-order valence-corrected chi connectivity index (χ3v) is 9.38. The van der Waals surface area contributed by atoms with Crippen LogP contribution in [0.15, 0.2) is 18.2 Å². The van der Waals surface area contributed by atoms with E-state index in [1.54, 1.807) is 0 Å². The number of carbonyl (C=O) groups excluding carboxylic acids is 2. The summed E-state index contributed by atoms with van der Waals surface area (Å²) in [5, 5.41) is 2.61. The molecule has 0 saturated heterocycles. The number of carbonyl (C=O) groups is 2. The normalized spacial score (nSPS) is 13.2. The van der Waals surface area contributed by atoms with Gasteiger partial charge >= 0.3 is 5.97 Å². The summed E-state index contributed by atoms with van der Waals surface area (Å²) in [5.74, 6) is -3.06. The molecule has 152 valence electrons. The fraction of sp³-hybridized carbons (Fsp3) is 0.579. The Bertz CT molecular complexity index is 674.